The van der Waals surface area contributed by atoms with Gasteiger partial charge in [-0.05, 0) is 38.5 Å². The van der Waals surface area contributed by atoms with Crippen LogP contribution in [-0.4, -0.2) is 25.3 Å². The number of morpholine rings is 1. The van der Waals surface area contributed by atoms with Crippen molar-refractivity contribution in [3.8, 4) is 0 Å². The molecule has 3 heteroatoms. The molecule has 2 rings (SSSR count). The van der Waals surface area contributed by atoms with Crippen molar-refractivity contribution in [2.24, 2.45) is 0 Å². The highest BCUT2D eigenvalue weighted by molar-refractivity contribution is 5.61. The van der Waals surface area contributed by atoms with Gasteiger partial charge in [0.15, 0.2) is 0 Å². The average molecular weight is 220 g/mol. The van der Waals surface area contributed by atoms with Crippen molar-refractivity contribution < 1.29 is 4.74 Å². The molecule has 88 valence electrons. The van der Waals surface area contributed by atoms with Crippen LogP contribution in [0.15, 0.2) is 18.2 Å². The number of nitrogens with two attached hydrogens (primary N) is 1. The van der Waals surface area contributed by atoms with E-state index < -0.39 is 0 Å². The monoisotopic (exact) mass is 220 g/mol. The molecule has 1 aliphatic heterocycles. The van der Waals surface area contributed by atoms with Crippen LogP contribution < -0.4 is 10.6 Å². The molecule has 1 aliphatic rings. The van der Waals surface area contributed by atoms with Crippen LogP contribution in [0.4, 0.5) is 11.4 Å². The molecule has 1 fully saturated rings. The summed E-state index contributed by atoms with van der Waals surface area (Å²) in [5.74, 6) is 0. The Morgan fingerprint density at radius 3 is 2.75 bits per heavy atom. The predicted octanol–water partition coefficient (Wildman–Crippen LogP) is 2.19. The molecule has 1 heterocycles. The van der Waals surface area contributed by atoms with Gasteiger partial charge in [-0.1, -0.05) is 6.07 Å². The van der Waals surface area contributed by atoms with E-state index in [1.165, 1.54) is 5.69 Å². The summed E-state index contributed by atoms with van der Waals surface area (Å²) in [6.45, 7) is 8.90. The topological polar surface area (TPSA) is 38.5 Å². The number of hydrogen-bond acceptors (Lipinski definition) is 3. The van der Waals surface area contributed by atoms with E-state index in [9.17, 15) is 0 Å². The third kappa shape index (κ3) is 2.00. The normalized spacial score (nSPS) is 19.8. The predicted molar refractivity (Wildman–Crippen MR) is 67.8 cm³/mol. The fraction of sp³-hybridized carbons (Fsp3) is 0.538. The molecule has 0 aliphatic carbocycles. The quantitative estimate of drug-likeness (QED) is 0.737. The van der Waals surface area contributed by atoms with E-state index in [2.05, 4.69) is 36.9 Å². The molecule has 0 unspecified atom stereocenters. The van der Waals surface area contributed by atoms with Crippen LogP contribution in [0.2, 0.25) is 0 Å². The third-order valence-corrected chi connectivity index (χ3v) is 3.22. The molecule has 1 aromatic rings. The van der Waals surface area contributed by atoms with Gasteiger partial charge in [-0.2, -0.15) is 0 Å². The van der Waals surface area contributed by atoms with Crippen LogP contribution in [0, 0.1) is 6.92 Å². The zero-order chi connectivity index (χ0) is 11.8. The summed E-state index contributed by atoms with van der Waals surface area (Å²) < 4.78 is 5.52. The highest BCUT2D eigenvalue weighted by Gasteiger charge is 2.30. The second kappa shape index (κ2) is 3.98. The largest absolute Gasteiger partial charge is 0.398 e. The first kappa shape index (κ1) is 11.3. The Bertz CT molecular complexity index is 388. The molecule has 3 nitrogen and oxygen atoms in total. The van der Waals surface area contributed by atoms with Gasteiger partial charge in [-0.15, -0.1) is 0 Å². The standard InChI is InChI=1S/C13H20N2O/c1-10-4-5-11(8-12(10)14)15-6-7-16-9-13(15,2)3/h4-5,8H,6-7,9,14H2,1-3H3. The number of nitrogens with zero attached hydrogens (tertiary/aromatic N) is 1. The zero-order valence-corrected chi connectivity index (χ0v) is 10.3. The molecule has 2 N–H and O–H groups in total. The SMILES string of the molecule is Cc1ccc(N2CCOCC2(C)C)cc1N. The number of benzene rings is 1. The van der Waals surface area contributed by atoms with Crippen molar-refractivity contribution in [1.29, 1.82) is 0 Å². The van der Waals surface area contributed by atoms with Crippen molar-refractivity contribution >= 4 is 11.4 Å². The van der Waals surface area contributed by atoms with Gasteiger partial charge in [0.1, 0.15) is 0 Å². The van der Waals surface area contributed by atoms with Gasteiger partial charge in [-0.25, -0.2) is 0 Å². The Morgan fingerprint density at radius 2 is 2.12 bits per heavy atom. The lowest BCUT2D eigenvalue weighted by Crippen LogP contribution is -2.53. The van der Waals surface area contributed by atoms with Crippen LogP contribution in [0.1, 0.15) is 19.4 Å². The van der Waals surface area contributed by atoms with Gasteiger partial charge < -0.3 is 15.4 Å². The second-order valence-electron chi connectivity index (χ2n) is 5.06. The first-order chi connectivity index (χ1) is 7.50. The van der Waals surface area contributed by atoms with Crippen molar-refractivity contribution in [3.63, 3.8) is 0 Å². The summed E-state index contributed by atoms with van der Waals surface area (Å²) in [7, 11) is 0. The minimum atomic E-state index is 0.0416. The number of hydrogen-bond donors (Lipinski definition) is 1. The van der Waals surface area contributed by atoms with E-state index in [0.29, 0.717) is 0 Å². The molecule has 0 bridgehead atoms. The Balaban J connectivity index is 2.31. The molecule has 16 heavy (non-hydrogen) atoms. The number of rotatable bonds is 1. The maximum Gasteiger partial charge on any atom is 0.0694 e. The summed E-state index contributed by atoms with van der Waals surface area (Å²) in [5, 5.41) is 0. The van der Waals surface area contributed by atoms with Crippen molar-refractivity contribution in [2.45, 2.75) is 26.3 Å². The molecule has 0 spiro atoms. The van der Waals surface area contributed by atoms with Crippen molar-refractivity contribution in [2.75, 3.05) is 30.4 Å². The molecule has 0 atom stereocenters. The van der Waals surface area contributed by atoms with Crippen LogP contribution in [0.25, 0.3) is 0 Å². The van der Waals surface area contributed by atoms with Crippen LogP contribution >= 0.6 is 0 Å². The average Bonchev–Trinajstić information content (AvgIpc) is 2.22. The Morgan fingerprint density at radius 1 is 1.38 bits per heavy atom. The Labute approximate surface area is 97.2 Å². The van der Waals surface area contributed by atoms with Gasteiger partial charge in [-0.3, -0.25) is 0 Å². The van der Waals surface area contributed by atoms with Gasteiger partial charge in [0.25, 0.3) is 0 Å². The summed E-state index contributed by atoms with van der Waals surface area (Å²) in [4.78, 5) is 2.37. The first-order valence-electron chi connectivity index (χ1n) is 5.72. The van der Waals surface area contributed by atoms with Crippen molar-refractivity contribution in [3.05, 3.63) is 23.8 Å². The molecular weight excluding hydrogens is 200 g/mol. The van der Waals surface area contributed by atoms with Gasteiger partial charge in [0.2, 0.25) is 0 Å². The highest BCUT2D eigenvalue weighted by atomic mass is 16.5. The van der Waals surface area contributed by atoms with Gasteiger partial charge >= 0.3 is 0 Å². The minimum absolute atomic E-state index is 0.0416. The van der Waals surface area contributed by atoms with E-state index in [1.54, 1.807) is 0 Å². The summed E-state index contributed by atoms with van der Waals surface area (Å²) >= 11 is 0. The van der Waals surface area contributed by atoms with Crippen LogP contribution in [-0.2, 0) is 4.74 Å². The first-order valence-corrected chi connectivity index (χ1v) is 5.72. The highest BCUT2D eigenvalue weighted by Crippen LogP contribution is 2.29. The summed E-state index contributed by atoms with van der Waals surface area (Å²) in [6, 6.07) is 6.28. The minimum Gasteiger partial charge on any atom is -0.398 e. The Kier molecular flexibility index (Phi) is 2.80. The van der Waals surface area contributed by atoms with Crippen LogP contribution in [0.3, 0.4) is 0 Å². The maximum atomic E-state index is 5.96. The number of anilines is 2. The molecular formula is C13H20N2O. The van der Waals surface area contributed by atoms with E-state index >= 15 is 0 Å². The van der Waals surface area contributed by atoms with E-state index in [-0.39, 0.29) is 5.54 Å². The van der Waals surface area contributed by atoms with Crippen molar-refractivity contribution in [1.82, 2.24) is 0 Å². The summed E-state index contributed by atoms with van der Waals surface area (Å²) in [5.41, 5.74) is 9.19. The summed E-state index contributed by atoms with van der Waals surface area (Å²) in [6.07, 6.45) is 0. The third-order valence-electron chi connectivity index (χ3n) is 3.22. The lowest BCUT2D eigenvalue weighted by Gasteiger charge is -2.44. The maximum absolute atomic E-state index is 5.96. The van der Waals surface area contributed by atoms with Gasteiger partial charge in [0.05, 0.1) is 18.8 Å². The van der Waals surface area contributed by atoms with E-state index in [0.717, 1.165) is 31.0 Å². The molecule has 1 saturated heterocycles. The lowest BCUT2D eigenvalue weighted by atomic mass is 10.0. The lowest BCUT2D eigenvalue weighted by molar-refractivity contribution is 0.0644. The number of aryl methyl sites for hydroxylation is 1. The molecule has 0 radical (unpaired) electrons. The van der Waals surface area contributed by atoms with E-state index in [4.69, 9.17) is 10.5 Å². The van der Waals surface area contributed by atoms with Crippen LogP contribution in [0.5, 0.6) is 0 Å². The molecule has 1 aromatic carbocycles. The van der Waals surface area contributed by atoms with Gasteiger partial charge in [0, 0.05) is 17.9 Å². The smallest absolute Gasteiger partial charge is 0.0694 e. The molecule has 0 saturated carbocycles. The second-order valence-corrected chi connectivity index (χ2v) is 5.06. The zero-order valence-electron chi connectivity index (χ0n) is 10.3. The fourth-order valence-electron chi connectivity index (χ4n) is 2.13. The number of ether oxygens (including phenoxy) is 1. The van der Waals surface area contributed by atoms with E-state index in [1.807, 2.05) is 6.92 Å². The number of nitrogen functional groups attached to an aromatic ring is 1. The Hall–Kier alpha value is -1.22. The fourth-order valence-corrected chi connectivity index (χ4v) is 2.13. The molecule has 0 amide bonds. The molecule has 0 aromatic heterocycles.